The average molecular weight is 306 g/mol. The zero-order valence-electron chi connectivity index (χ0n) is 11.9. The number of nitrogens with one attached hydrogen (secondary N) is 2. The highest BCUT2D eigenvalue weighted by molar-refractivity contribution is 7.82. The minimum absolute atomic E-state index is 0.217. The van der Waals surface area contributed by atoms with Crippen molar-refractivity contribution in [1.29, 1.82) is 0 Å². The smallest absolute Gasteiger partial charge is 0.326 e. The number of carbonyl (C=O) groups is 2. The molecule has 3 N–H and O–H groups in total. The second-order valence-electron chi connectivity index (χ2n) is 5.49. The molecule has 6 heteroatoms. The highest BCUT2D eigenvalue weighted by atomic mass is 32.1. The van der Waals surface area contributed by atoms with E-state index in [9.17, 15) is 14.7 Å². The number of para-hydroxylation sites is 1. The topological polar surface area (TPSA) is 82.2 Å². The number of H-pyrrole nitrogens is 1. The molecule has 0 aliphatic rings. The van der Waals surface area contributed by atoms with Gasteiger partial charge in [0.05, 0.1) is 4.75 Å². The molecule has 2 rings (SSSR count). The van der Waals surface area contributed by atoms with Crippen LogP contribution in [-0.2, 0) is 16.0 Å². The minimum Gasteiger partial charge on any atom is -0.480 e. The lowest BCUT2D eigenvalue weighted by Crippen LogP contribution is -2.48. The number of carbonyl (C=O) groups excluding carboxylic acids is 1. The first-order valence-corrected chi connectivity index (χ1v) is 7.05. The molecular weight excluding hydrogens is 288 g/mol. The Balaban J connectivity index is 2.21. The van der Waals surface area contributed by atoms with Crippen molar-refractivity contribution in [3.8, 4) is 0 Å². The van der Waals surface area contributed by atoms with Crippen LogP contribution in [0.4, 0.5) is 0 Å². The minimum atomic E-state index is -1.06. The molecule has 0 radical (unpaired) electrons. The number of carboxylic acid groups (broad SMARTS) is 1. The molecule has 0 saturated heterocycles. The van der Waals surface area contributed by atoms with Crippen molar-refractivity contribution in [2.45, 2.75) is 31.1 Å². The van der Waals surface area contributed by atoms with Gasteiger partial charge < -0.3 is 15.4 Å². The van der Waals surface area contributed by atoms with Crippen LogP contribution in [0.15, 0.2) is 30.5 Å². The summed E-state index contributed by atoms with van der Waals surface area (Å²) in [6.45, 7) is 3.24. The molecule has 1 heterocycles. The predicted molar refractivity (Wildman–Crippen MR) is 84.6 cm³/mol. The highest BCUT2D eigenvalue weighted by Gasteiger charge is 2.28. The lowest BCUT2D eigenvalue weighted by Gasteiger charge is -2.21. The summed E-state index contributed by atoms with van der Waals surface area (Å²) in [6, 6.07) is 6.66. The number of aromatic amines is 1. The van der Waals surface area contributed by atoms with E-state index in [4.69, 9.17) is 0 Å². The van der Waals surface area contributed by atoms with E-state index in [-0.39, 0.29) is 6.42 Å². The van der Waals surface area contributed by atoms with Gasteiger partial charge in [-0.3, -0.25) is 4.79 Å². The van der Waals surface area contributed by atoms with E-state index in [0.717, 1.165) is 16.5 Å². The second-order valence-corrected chi connectivity index (χ2v) is 6.60. The summed E-state index contributed by atoms with van der Waals surface area (Å²) in [4.78, 5) is 26.4. The molecule has 0 bridgehead atoms. The third-order valence-corrected chi connectivity index (χ3v) is 3.46. The standard InChI is InChI=1S/C15H18N2O3S/c1-15(2,21)14(20)17-12(13(18)19)7-9-8-16-11-6-4-3-5-10(9)11/h3-6,8,12,16,21H,7H2,1-2H3,(H,17,20)(H,18,19)/t12-/m0/s1. The molecule has 21 heavy (non-hydrogen) atoms. The summed E-state index contributed by atoms with van der Waals surface area (Å²) in [5, 5.41) is 12.8. The Morgan fingerprint density at radius 3 is 2.67 bits per heavy atom. The molecule has 5 nitrogen and oxygen atoms in total. The van der Waals surface area contributed by atoms with Gasteiger partial charge in [0.15, 0.2) is 0 Å². The number of amides is 1. The Bertz CT molecular complexity index is 673. The van der Waals surface area contributed by atoms with Gasteiger partial charge in [-0.1, -0.05) is 18.2 Å². The number of benzene rings is 1. The molecule has 0 unspecified atom stereocenters. The molecule has 0 fully saturated rings. The lowest BCUT2D eigenvalue weighted by molar-refractivity contribution is -0.142. The van der Waals surface area contributed by atoms with Crippen molar-refractivity contribution in [1.82, 2.24) is 10.3 Å². The summed E-state index contributed by atoms with van der Waals surface area (Å²) in [5.41, 5.74) is 1.80. The van der Waals surface area contributed by atoms with Gasteiger partial charge in [0.25, 0.3) is 0 Å². The molecule has 1 aromatic heterocycles. The van der Waals surface area contributed by atoms with E-state index in [0.29, 0.717) is 0 Å². The number of fused-ring (bicyclic) bond motifs is 1. The molecule has 2 aromatic rings. The summed E-state index contributed by atoms with van der Waals surface area (Å²) in [5.74, 6) is -1.47. The summed E-state index contributed by atoms with van der Waals surface area (Å²) in [7, 11) is 0. The monoisotopic (exact) mass is 306 g/mol. The fourth-order valence-electron chi connectivity index (χ4n) is 2.06. The maximum absolute atomic E-state index is 11.9. The number of aliphatic carboxylic acids is 1. The fraction of sp³-hybridized carbons (Fsp3) is 0.333. The third kappa shape index (κ3) is 3.58. The van der Waals surface area contributed by atoms with Crippen LogP contribution >= 0.6 is 12.6 Å². The van der Waals surface area contributed by atoms with E-state index >= 15 is 0 Å². The van der Waals surface area contributed by atoms with Gasteiger partial charge in [0.2, 0.25) is 5.91 Å². The number of hydrogen-bond acceptors (Lipinski definition) is 3. The van der Waals surface area contributed by atoms with Gasteiger partial charge in [-0.25, -0.2) is 4.79 Å². The van der Waals surface area contributed by atoms with E-state index in [1.165, 1.54) is 0 Å². The number of thiol groups is 1. The predicted octanol–water partition coefficient (Wildman–Crippen LogP) is 1.99. The zero-order valence-corrected chi connectivity index (χ0v) is 12.8. The van der Waals surface area contributed by atoms with Crippen LogP contribution in [0.5, 0.6) is 0 Å². The lowest BCUT2D eigenvalue weighted by atomic mass is 10.0. The van der Waals surface area contributed by atoms with Crippen LogP contribution in [0.25, 0.3) is 10.9 Å². The van der Waals surface area contributed by atoms with Crippen molar-refractivity contribution in [2.24, 2.45) is 0 Å². The summed E-state index contributed by atoms with van der Waals surface area (Å²) >= 11 is 4.15. The average Bonchev–Trinajstić information content (AvgIpc) is 2.80. The normalized spacial score (nSPS) is 13.1. The first-order valence-electron chi connectivity index (χ1n) is 6.60. The quantitative estimate of drug-likeness (QED) is 0.638. The Morgan fingerprint density at radius 1 is 1.38 bits per heavy atom. The molecule has 1 amide bonds. The van der Waals surface area contributed by atoms with Gasteiger partial charge in [0.1, 0.15) is 6.04 Å². The van der Waals surface area contributed by atoms with Crippen molar-refractivity contribution in [3.05, 3.63) is 36.0 Å². The molecule has 0 aliphatic heterocycles. The Hall–Kier alpha value is -1.95. The van der Waals surface area contributed by atoms with Crippen LogP contribution in [-0.4, -0.2) is 32.8 Å². The van der Waals surface area contributed by atoms with E-state index in [2.05, 4.69) is 22.9 Å². The Labute approximate surface area is 128 Å². The highest BCUT2D eigenvalue weighted by Crippen LogP contribution is 2.20. The first kappa shape index (κ1) is 15.4. The number of hydrogen-bond donors (Lipinski definition) is 4. The van der Waals surface area contributed by atoms with E-state index < -0.39 is 22.7 Å². The van der Waals surface area contributed by atoms with E-state index in [1.807, 2.05) is 24.3 Å². The van der Waals surface area contributed by atoms with Crippen molar-refractivity contribution in [3.63, 3.8) is 0 Å². The third-order valence-electron chi connectivity index (χ3n) is 3.26. The van der Waals surface area contributed by atoms with E-state index in [1.54, 1.807) is 20.0 Å². The maximum Gasteiger partial charge on any atom is 0.326 e. The molecule has 0 saturated carbocycles. The molecule has 0 spiro atoms. The maximum atomic E-state index is 11.9. The summed E-state index contributed by atoms with van der Waals surface area (Å²) < 4.78 is -0.923. The van der Waals surface area contributed by atoms with Crippen LogP contribution in [0.1, 0.15) is 19.4 Å². The largest absolute Gasteiger partial charge is 0.480 e. The van der Waals surface area contributed by atoms with Crippen molar-refractivity contribution < 1.29 is 14.7 Å². The van der Waals surface area contributed by atoms with Gasteiger partial charge in [-0.15, -0.1) is 0 Å². The van der Waals surface area contributed by atoms with Gasteiger partial charge in [-0.2, -0.15) is 12.6 Å². The summed E-state index contributed by atoms with van der Waals surface area (Å²) in [6.07, 6.45) is 1.99. The Morgan fingerprint density at radius 2 is 2.05 bits per heavy atom. The van der Waals surface area contributed by atoms with Crippen LogP contribution in [0.2, 0.25) is 0 Å². The first-order chi connectivity index (χ1) is 9.79. The number of rotatable bonds is 5. The van der Waals surface area contributed by atoms with Crippen LogP contribution in [0.3, 0.4) is 0 Å². The molecule has 1 atom stereocenters. The van der Waals surface area contributed by atoms with Crippen LogP contribution in [0, 0.1) is 0 Å². The van der Waals surface area contributed by atoms with Crippen molar-refractivity contribution in [2.75, 3.05) is 0 Å². The zero-order chi connectivity index (χ0) is 15.6. The molecule has 112 valence electrons. The van der Waals surface area contributed by atoms with Crippen molar-refractivity contribution >= 4 is 35.4 Å². The van der Waals surface area contributed by atoms with Crippen LogP contribution < -0.4 is 5.32 Å². The number of aromatic nitrogens is 1. The van der Waals surface area contributed by atoms with Gasteiger partial charge >= 0.3 is 5.97 Å². The molecule has 0 aliphatic carbocycles. The molecule has 1 aromatic carbocycles. The number of carboxylic acids is 1. The van der Waals surface area contributed by atoms with Gasteiger partial charge in [-0.05, 0) is 25.5 Å². The molecular formula is C15H18N2O3S. The second kappa shape index (κ2) is 5.81. The van der Waals surface area contributed by atoms with Gasteiger partial charge in [0, 0.05) is 23.5 Å². The Kier molecular flexibility index (Phi) is 4.27. The SMILES string of the molecule is CC(C)(S)C(=O)N[C@@H](Cc1c[nH]c2ccccc12)C(=O)O. The fourth-order valence-corrected chi connectivity index (χ4v) is 2.12.